The van der Waals surface area contributed by atoms with Crippen LogP contribution in [0.25, 0.3) is 0 Å². The van der Waals surface area contributed by atoms with E-state index < -0.39 is 0 Å². The summed E-state index contributed by atoms with van der Waals surface area (Å²) in [4.78, 5) is 2.53. The number of rotatable bonds is 5. The molecule has 2 unspecified atom stereocenters. The number of nitrogens with one attached hydrogen (secondary N) is 1. The third-order valence-electron chi connectivity index (χ3n) is 4.08. The second kappa shape index (κ2) is 6.92. The van der Waals surface area contributed by atoms with E-state index in [1.54, 1.807) is 0 Å². The SMILES string of the molecule is CCC(NC)c1ccccc1N1CCOCC1CC. The first-order valence-corrected chi connectivity index (χ1v) is 7.42. The monoisotopic (exact) mass is 262 g/mol. The molecule has 0 spiro atoms. The van der Waals surface area contributed by atoms with Crippen LogP contribution in [0, 0.1) is 0 Å². The van der Waals surface area contributed by atoms with E-state index in [2.05, 4.69) is 48.3 Å². The molecule has 1 aliphatic rings. The average molecular weight is 262 g/mol. The van der Waals surface area contributed by atoms with Gasteiger partial charge in [-0.3, -0.25) is 0 Å². The van der Waals surface area contributed by atoms with Crippen molar-refractivity contribution in [1.29, 1.82) is 0 Å². The smallest absolute Gasteiger partial charge is 0.0670 e. The lowest BCUT2D eigenvalue weighted by Crippen LogP contribution is -2.45. The lowest BCUT2D eigenvalue weighted by atomic mass is 10.00. The van der Waals surface area contributed by atoms with E-state index >= 15 is 0 Å². The minimum atomic E-state index is 0.427. The summed E-state index contributed by atoms with van der Waals surface area (Å²) in [6.07, 6.45) is 2.24. The van der Waals surface area contributed by atoms with Crippen molar-refractivity contribution in [2.45, 2.75) is 38.8 Å². The second-order valence-corrected chi connectivity index (χ2v) is 5.14. The summed E-state index contributed by atoms with van der Waals surface area (Å²) < 4.78 is 5.62. The Morgan fingerprint density at radius 1 is 1.37 bits per heavy atom. The third-order valence-corrected chi connectivity index (χ3v) is 4.08. The molecule has 3 nitrogen and oxygen atoms in total. The van der Waals surface area contributed by atoms with Gasteiger partial charge in [0.1, 0.15) is 0 Å². The van der Waals surface area contributed by atoms with Crippen molar-refractivity contribution in [3.05, 3.63) is 29.8 Å². The van der Waals surface area contributed by atoms with E-state index in [0.29, 0.717) is 12.1 Å². The Hall–Kier alpha value is -1.06. The molecule has 1 saturated heterocycles. The number of ether oxygens (including phenoxy) is 1. The van der Waals surface area contributed by atoms with Gasteiger partial charge in [0.2, 0.25) is 0 Å². The first-order valence-electron chi connectivity index (χ1n) is 7.42. The van der Waals surface area contributed by atoms with Crippen LogP contribution in [-0.4, -0.2) is 32.8 Å². The van der Waals surface area contributed by atoms with E-state index in [4.69, 9.17) is 4.74 Å². The Labute approximate surface area is 116 Å². The van der Waals surface area contributed by atoms with E-state index in [1.807, 2.05) is 7.05 Å². The predicted octanol–water partition coefficient (Wildman–Crippen LogP) is 2.97. The lowest BCUT2D eigenvalue weighted by molar-refractivity contribution is 0.0928. The van der Waals surface area contributed by atoms with Crippen molar-refractivity contribution >= 4 is 5.69 Å². The highest BCUT2D eigenvalue weighted by atomic mass is 16.5. The van der Waals surface area contributed by atoms with Crippen LogP contribution in [-0.2, 0) is 4.74 Å². The fourth-order valence-electron chi connectivity index (χ4n) is 2.93. The van der Waals surface area contributed by atoms with Crippen molar-refractivity contribution in [3.8, 4) is 0 Å². The minimum Gasteiger partial charge on any atom is -0.377 e. The quantitative estimate of drug-likeness (QED) is 0.883. The lowest BCUT2D eigenvalue weighted by Gasteiger charge is -2.39. The van der Waals surface area contributed by atoms with Gasteiger partial charge in [-0.1, -0.05) is 32.0 Å². The molecule has 1 heterocycles. The molecule has 2 atom stereocenters. The van der Waals surface area contributed by atoms with E-state index in [0.717, 1.165) is 32.6 Å². The van der Waals surface area contributed by atoms with Crippen LogP contribution in [0.4, 0.5) is 5.69 Å². The van der Waals surface area contributed by atoms with Crippen LogP contribution in [0.15, 0.2) is 24.3 Å². The number of nitrogens with zero attached hydrogens (tertiary/aromatic N) is 1. The summed E-state index contributed by atoms with van der Waals surface area (Å²) in [6.45, 7) is 7.15. The molecular weight excluding hydrogens is 236 g/mol. The third kappa shape index (κ3) is 3.10. The van der Waals surface area contributed by atoms with Gasteiger partial charge in [0.25, 0.3) is 0 Å². The molecule has 0 radical (unpaired) electrons. The molecular formula is C16H26N2O. The summed E-state index contributed by atoms with van der Waals surface area (Å²) in [6, 6.07) is 9.72. The van der Waals surface area contributed by atoms with Gasteiger partial charge < -0.3 is 15.0 Å². The Balaban J connectivity index is 2.32. The molecule has 0 aromatic heterocycles. The summed E-state index contributed by atoms with van der Waals surface area (Å²) in [7, 11) is 2.04. The van der Waals surface area contributed by atoms with Crippen LogP contribution >= 0.6 is 0 Å². The van der Waals surface area contributed by atoms with Gasteiger partial charge in [0.05, 0.1) is 19.3 Å². The molecule has 19 heavy (non-hydrogen) atoms. The Morgan fingerprint density at radius 3 is 2.84 bits per heavy atom. The van der Waals surface area contributed by atoms with Crippen molar-refractivity contribution < 1.29 is 4.74 Å². The highest BCUT2D eigenvalue weighted by molar-refractivity contribution is 5.56. The van der Waals surface area contributed by atoms with Crippen LogP contribution < -0.4 is 10.2 Å². The van der Waals surface area contributed by atoms with Gasteiger partial charge in [-0.05, 0) is 31.5 Å². The maximum atomic E-state index is 5.62. The fourth-order valence-corrected chi connectivity index (χ4v) is 2.93. The topological polar surface area (TPSA) is 24.5 Å². The molecule has 0 bridgehead atoms. The van der Waals surface area contributed by atoms with Crippen molar-refractivity contribution in [3.63, 3.8) is 0 Å². The molecule has 106 valence electrons. The number of benzene rings is 1. The van der Waals surface area contributed by atoms with E-state index in [-0.39, 0.29) is 0 Å². The molecule has 1 aromatic rings. The maximum absolute atomic E-state index is 5.62. The van der Waals surface area contributed by atoms with Crippen molar-refractivity contribution in [2.75, 3.05) is 31.7 Å². The minimum absolute atomic E-state index is 0.427. The van der Waals surface area contributed by atoms with Crippen LogP contribution in [0.1, 0.15) is 38.3 Å². The largest absolute Gasteiger partial charge is 0.377 e. The van der Waals surface area contributed by atoms with Crippen LogP contribution in [0.5, 0.6) is 0 Å². The van der Waals surface area contributed by atoms with Gasteiger partial charge in [-0.2, -0.15) is 0 Å². The first kappa shape index (κ1) is 14.4. The molecule has 0 saturated carbocycles. The standard InChI is InChI=1S/C16H26N2O/c1-4-13-12-19-11-10-18(13)16-9-7-6-8-14(16)15(5-2)17-3/h6-9,13,15,17H,4-5,10-12H2,1-3H3. The van der Waals surface area contributed by atoms with Crippen LogP contribution in [0.2, 0.25) is 0 Å². The normalized spacial score (nSPS) is 21.4. The molecule has 1 N–H and O–H groups in total. The number of hydrogen-bond donors (Lipinski definition) is 1. The number of hydrogen-bond acceptors (Lipinski definition) is 3. The highest BCUT2D eigenvalue weighted by Gasteiger charge is 2.24. The molecule has 1 aromatic carbocycles. The summed E-state index contributed by atoms with van der Waals surface area (Å²) >= 11 is 0. The molecule has 1 aliphatic heterocycles. The summed E-state index contributed by atoms with van der Waals surface area (Å²) in [5.74, 6) is 0. The summed E-state index contributed by atoms with van der Waals surface area (Å²) in [5, 5.41) is 3.42. The van der Waals surface area contributed by atoms with Crippen molar-refractivity contribution in [2.24, 2.45) is 0 Å². The Bertz CT molecular complexity index is 390. The number of para-hydroxylation sites is 1. The summed E-state index contributed by atoms with van der Waals surface area (Å²) in [5.41, 5.74) is 2.78. The maximum Gasteiger partial charge on any atom is 0.0670 e. The van der Waals surface area contributed by atoms with Crippen LogP contribution in [0.3, 0.4) is 0 Å². The van der Waals surface area contributed by atoms with E-state index in [9.17, 15) is 0 Å². The van der Waals surface area contributed by atoms with Gasteiger partial charge >= 0.3 is 0 Å². The predicted molar refractivity (Wildman–Crippen MR) is 80.8 cm³/mol. The second-order valence-electron chi connectivity index (χ2n) is 5.14. The average Bonchev–Trinajstić information content (AvgIpc) is 2.49. The highest BCUT2D eigenvalue weighted by Crippen LogP contribution is 2.30. The zero-order chi connectivity index (χ0) is 13.7. The Morgan fingerprint density at radius 2 is 2.16 bits per heavy atom. The van der Waals surface area contributed by atoms with Gasteiger partial charge in [-0.25, -0.2) is 0 Å². The van der Waals surface area contributed by atoms with Crippen molar-refractivity contribution in [1.82, 2.24) is 5.32 Å². The molecule has 1 fully saturated rings. The zero-order valence-corrected chi connectivity index (χ0v) is 12.4. The molecule has 3 heteroatoms. The molecule has 0 amide bonds. The van der Waals surface area contributed by atoms with Gasteiger partial charge in [-0.15, -0.1) is 0 Å². The van der Waals surface area contributed by atoms with E-state index in [1.165, 1.54) is 11.3 Å². The first-order chi connectivity index (χ1) is 9.31. The van der Waals surface area contributed by atoms with Gasteiger partial charge in [0, 0.05) is 18.3 Å². The number of morpholine rings is 1. The zero-order valence-electron chi connectivity index (χ0n) is 12.4. The molecule has 2 rings (SSSR count). The van der Waals surface area contributed by atoms with Gasteiger partial charge in [0.15, 0.2) is 0 Å². The number of anilines is 1. The Kier molecular flexibility index (Phi) is 5.23. The fraction of sp³-hybridized carbons (Fsp3) is 0.625. The molecule has 0 aliphatic carbocycles.